The van der Waals surface area contributed by atoms with Gasteiger partial charge in [-0.15, -0.1) is 0 Å². The van der Waals surface area contributed by atoms with Crippen LogP contribution >= 0.6 is 0 Å². The third-order valence-corrected chi connectivity index (χ3v) is 5.66. The summed E-state index contributed by atoms with van der Waals surface area (Å²) in [4.78, 5) is 23.9. The number of carbonyl (C=O) groups is 1. The average Bonchev–Trinajstić information content (AvgIpc) is 3.19. The van der Waals surface area contributed by atoms with Gasteiger partial charge in [0.15, 0.2) is 11.3 Å². The molecule has 4 aromatic rings. The number of hydrogen-bond acceptors (Lipinski definition) is 5. The van der Waals surface area contributed by atoms with Crippen LogP contribution in [0.15, 0.2) is 71.1 Å². The zero-order valence-corrected chi connectivity index (χ0v) is 18.2. The summed E-state index contributed by atoms with van der Waals surface area (Å²) in [7, 11) is 0. The molecular formula is C25H22F2N2O5. The van der Waals surface area contributed by atoms with Crippen molar-refractivity contribution >= 4 is 27.8 Å². The van der Waals surface area contributed by atoms with E-state index >= 15 is 0 Å². The van der Waals surface area contributed by atoms with E-state index in [2.05, 4.69) is 10.1 Å². The van der Waals surface area contributed by atoms with Crippen LogP contribution in [0.2, 0.25) is 0 Å². The number of halogens is 2. The maximum atomic E-state index is 13.0. The van der Waals surface area contributed by atoms with E-state index < -0.39 is 24.0 Å². The molecule has 7 nitrogen and oxygen atoms in total. The minimum absolute atomic E-state index is 0.0606. The van der Waals surface area contributed by atoms with Crippen molar-refractivity contribution in [1.82, 2.24) is 5.32 Å². The van der Waals surface area contributed by atoms with Crippen LogP contribution in [0.1, 0.15) is 36.4 Å². The minimum Gasteiger partial charge on any atom is -0.452 e. The number of fused-ring (bicyclic) bond motifs is 3. The second-order valence-electron chi connectivity index (χ2n) is 7.95. The van der Waals surface area contributed by atoms with Gasteiger partial charge in [-0.05, 0) is 30.2 Å². The Morgan fingerprint density at radius 2 is 1.79 bits per heavy atom. The predicted molar refractivity (Wildman–Crippen MR) is 123 cm³/mol. The lowest BCUT2D eigenvalue weighted by atomic mass is 9.91. The van der Waals surface area contributed by atoms with E-state index in [1.165, 1.54) is 12.1 Å². The fourth-order valence-electron chi connectivity index (χ4n) is 4.16. The fourth-order valence-corrected chi connectivity index (χ4v) is 4.16. The molecule has 0 aliphatic rings. The van der Waals surface area contributed by atoms with Gasteiger partial charge in [-0.25, -0.2) is 0 Å². The van der Waals surface area contributed by atoms with E-state index in [-0.39, 0.29) is 29.7 Å². The molecule has 0 radical (unpaired) electrons. The van der Waals surface area contributed by atoms with Gasteiger partial charge in [0.1, 0.15) is 5.58 Å². The zero-order chi connectivity index (χ0) is 24.2. The topological polar surface area (TPSA) is 94.6 Å². The van der Waals surface area contributed by atoms with Gasteiger partial charge in [-0.1, -0.05) is 54.6 Å². The number of ether oxygens (including phenoxy) is 1. The summed E-state index contributed by atoms with van der Waals surface area (Å²) in [6, 6.07) is 18.7. The fraction of sp³-hybridized carbons (Fsp3) is 0.240. The lowest BCUT2D eigenvalue weighted by Gasteiger charge is -2.18. The standard InChI is InChI=1S/C25H22F2N2O5/c1-15(16-7-3-2-4-8-16)28-22(30)13-17(14-29(31)32)18-11-12-21(34-25(26)27)24-23(18)19-9-5-6-10-20(19)33-24/h2-12,15,17,25H,13-14H2,1H3,(H,28,30)/t15-,17-/m1/s1. The number of nitrogens with one attached hydrogen (secondary N) is 1. The van der Waals surface area contributed by atoms with Gasteiger partial charge in [0, 0.05) is 22.1 Å². The Hall–Kier alpha value is -4.01. The molecule has 176 valence electrons. The lowest BCUT2D eigenvalue weighted by molar-refractivity contribution is -0.483. The smallest absolute Gasteiger partial charge is 0.387 e. The summed E-state index contributed by atoms with van der Waals surface area (Å²) in [5, 5.41) is 15.4. The van der Waals surface area contributed by atoms with Crippen molar-refractivity contribution in [2.45, 2.75) is 31.9 Å². The number of nitro groups is 1. The number of benzene rings is 3. The second-order valence-corrected chi connectivity index (χ2v) is 7.95. The van der Waals surface area contributed by atoms with E-state index in [0.717, 1.165) is 5.56 Å². The molecule has 2 atom stereocenters. The van der Waals surface area contributed by atoms with Crippen LogP contribution < -0.4 is 10.1 Å². The first-order chi connectivity index (χ1) is 16.3. The van der Waals surface area contributed by atoms with Crippen LogP contribution in [-0.2, 0) is 4.79 Å². The van der Waals surface area contributed by atoms with E-state index in [1.54, 1.807) is 24.3 Å². The molecule has 0 aliphatic carbocycles. The SMILES string of the molecule is C[C@@H](NC(=O)C[C@H](C[N+](=O)[O-])c1ccc(OC(F)F)c2oc3ccccc3c12)c1ccccc1. The third-order valence-electron chi connectivity index (χ3n) is 5.66. The van der Waals surface area contributed by atoms with Crippen LogP contribution in [0, 0.1) is 10.1 Å². The van der Waals surface area contributed by atoms with Gasteiger partial charge in [0.2, 0.25) is 12.5 Å². The van der Waals surface area contributed by atoms with Gasteiger partial charge < -0.3 is 14.5 Å². The molecule has 3 aromatic carbocycles. The summed E-state index contributed by atoms with van der Waals surface area (Å²) in [6.45, 7) is -1.76. The number of amides is 1. The largest absolute Gasteiger partial charge is 0.452 e. The Labute approximate surface area is 193 Å². The molecule has 0 spiro atoms. The number of para-hydroxylation sites is 1. The Morgan fingerprint density at radius 1 is 1.09 bits per heavy atom. The monoisotopic (exact) mass is 468 g/mol. The van der Waals surface area contributed by atoms with Gasteiger partial charge in [-0.3, -0.25) is 14.9 Å². The highest BCUT2D eigenvalue weighted by Gasteiger charge is 2.28. The van der Waals surface area contributed by atoms with Crippen molar-refractivity contribution in [1.29, 1.82) is 0 Å². The summed E-state index contributed by atoms with van der Waals surface area (Å²) < 4.78 is 36.3. The summed E-state index contributed by atoms with van der Waals surface area (Å²) in [5.74, 6) is -1.36. The quantitative estimate of drug-likeness (QED) is 0.247. The van der Waals surface area contributed by atoms with Crippen molar-refractivity contribution in [2.24, 2.45) is 0 Å². The van der Waals surface area contributed by atoms with Crippen molar-refractivity contribution in [3.63, 3.8) is 0 Å². The molecule has 34 heavy (non-hydrogen) atoms. The molecular weight excluding hydrogens is 446 g/mol. The first-order valence-electron chi connectivity index (χ1n) is 10.7. The molecule has 0 unspecified atom stereocenters. The molecule has 0 saturated heterocycles. The number of hydrogen-bond donors (Lipinski definition) is 1. The molecule has 1 N–H and O–H groups in total. The first-order valence-corrected chi connectivity index (χ1v) is 10.7. The predicted octanol–water partition coefficient (Wildman–Crippen LogP) is 5.82. The molecule has 1 aromatic heterocycles. The Kier molecular flexibility index (Phi) is 6.72. The van der Waals surface area contributed by atoms with Crippen molar-refractivity contribution in [3.8, 4) is 5.75 Å². The van der Waals surface area contributed by atoms with Crippen molar-refractivity contribution in [3.05, 3.63) is 88.0 Å². The van der Waals surface area contributed by atoms with Crippen LogP contribution in [0.3, 0.4) is 0 Å². The van der Waals surface area contributed by atoms with Crippen LogP contribution in [0.5, 0.6) is 5.75 Å². The van der Waals surface area contributed by atoms with Gasteiger partial charge in [0.25, 0.3) is 0 Å². The normalized spacial score (nSPS) is 13.2. The summed E-state index contributed by atoms with van der Waals surface area (Å²) in [6.07, 6.45) is -0.165. The molecule has 0 aliphatic heterocycles. The van der Waals surface area contributed by atoms with Gasteiger partial charge in [0.05, 0.1) is 12.0 Å². The highest BCUT2D eigenvalue weighted by atomic mass is 19.3. The van der Waals surface area contributed by atoms with Crippen LogP contribution in [0.25, 0.3) is 21.9 Å². The average molecular weight is 468 g/mol. The maximum absolute atomic E-state index is 13.0. The van der Waals surface area contributed by atoms with E-state index in [4.69, 9.17) is 4.42 Å². The highest BCUT2D eigenvalue weighted by Crippen LogP contribution is 2.41. The Balaban J connectivity index is 1.72. The van der Waals surface area contributed by atoms with E-state index in [1.807, 2.05) is 37.3 Å². The molecule has 1 heterocycles. The molecule has 4 rings (SSSR count). The Morgan fingerprint density at radius 3 is 2.50 bits per heavy atom. The zero-order valence-electron chi connectivity index (χ0n) is 18.2. The summed E-state index contributed by atoms with van der Waals surface area (Å²) >= 11 is 0. The minimum atomic E-state index is -3.07. The molecule has 0 bridgehead atoms. The highest BCUT2D eigenvalue weighted by molar-refractivity contribution is 6.09. The number of carbonyl (C=O) groups excluding carboxylic acids is 1. The number of rotatable bonds is 9. The number of furan rings is 1. The number of nitrogens with zero attached hydrogens (tertiary/aromatic N) is 1. The lowest BCUT2D eigenvalue weighted by Crippen LogP contribution is -2.29. The van der Waals surface area contributed by atoms with E-state index in [9.17, 15) is 23.7 Å². The van der Waals surface area contributed by atoms with Crippen LogP contribution in [0.4, 0.5) is 8.78 Å². The van der Waals surface area contributed by atoms with Gasteiger partial charge >= 0.3 is 6.61 Å². The maximum Gasteiger partial charge on any atom is 0.387 e. The van der Waals surface area contributed by atoms with Crippen molar-refractivity contribution < 1.29 is 27.7 Å². The van der Waals surface area contributed by atoms with Gasteiger partial charge in [-0.2, -0.15) is 8.78 Å². The van der Waals surface area contributed by atoms with Crippen molar-refractivity contribution in [2.75, 3.05) is 6.54 Å². The molecule has 9 heteroatoms. The molecule has 0 saturated carbocycles. The summed E-state index contributed by atoms with van der Waals surface area (Å²) in [5.41, 5.74) is 1.84. The number of alkyl halides is 2. The first kappa shape index (κ1) is 23.2. The molecule has 0 fully saturated rings. The second kappa shape index (κ2) is 9.86. The third kappa shape index (κ3) is 4.98. The van der Waals surface area contributed by atoms with E-state index in [0.29, 0.717) is 21.9 Å². The molecule has 1 amide bonds. The van der Waals surface area contributed by atoms with Crippen LogP contribution in [-0.4, -0.2) is 24.0 Å². The Bertz CT molecular complexity index is 1320.